The van der Waals surface area contributed by atoms with Crippen LogP contribution in [0.2, 0.25) is 0 Å². The molecular weight excluding hydrogens is 394 g/mol. The predicted octanol–water partition coefficient (Wildman–Crippen LogP) is 3.63. The van der Waals surface area contributed by atoms with Gasteiger partial charge in [0.25, 0.3) is 5.91 Å². The van der Waals surface area contributed by atoms with E-state index in [1.807, 2.05) is 60.0 Å². The second-order valence-corrected chi connectivity index (χ2v) is 7.93. The van der Waals surface area contributed by atoms with Gasteiger partial charge in [-0.05, 0) is 36.2 Å². The number of nitrogens with two attached hydrogens (primary N) is 1. The molecule has 3 N–H and O–H groups in total. The molecule has 0 bridgehead atoms. The number of nitrogens with zero attached hydrogens (tertiary/aromatic N) is 1. The Bertz CT molecular complexity index is 811. The lowest BCUT2D eigenvalue weighted by atomic mass is 10.0. The van der Waals surface area contributed by atoms with Crippen LogP contribution in [0.3, 0.4) is 0 Å². The van der Waals surface area contributed by atoms with Gasteiger partial charge in [0.15, 0.2) is 0 Å². The van der Waals surface area contributed by atoms with E-state index >= 15 is 0 Å². The largest absolute Gasteiger partial charge is 0.337 e. The fourth-order valence-corrected chi connectivity index (χ4v) is 4.01. The van der Waals surface area contributed by atoms with E-state index in [9.17, 15) is 9.59 Å². The van der Waals surface area contributed by atoms with Crippen molar-refractivity contribution in [1.29, 1.82) is 0 Å². The van der Waals surface area contributed by atoms with Crippen molar-refractivity contribution in [1.82, 2.24) is 4.90 Å². The van der Waals surface area contributed by atoms with Crippen LogP contribution in [0, 0.1) is 6.92 Å². The van der Waals surface area contributed by atoms with Gasteiger partial charge < -0.3 is 16.0 Å². The molecule has 2 amide bonds. The molecule has 1 aliphatic heterocycles. The van der Waals surface area contributed by atoms with Crippen LogP contribution in [0.25, 0.3) is 0 Å². The number of nitrogens with one attached hydrogen (secondary N) is 1. The van der Waals surface area contributed by atoms with Crippen molar-refractivity contribution in [3.63, 3.8) is 0 Å². The van der Waals surface area contributed by atoms with Gasteiger partial charge in [-0.1, -0.05) is 30.3 Å². The van der Waals surface area contributed by atoms with E-state index < -0.39 is 0 Å². The molecule has 1 fully saturated rings. The first-order valence-electron chi connectivity index (χ1n) is 9.12. The summed E-state index contributed by atoms with van der Waals surface area (Å²) in [5.74, 6) is 1.89. The molecule has 1 aliphatic rings. The third kappa shape index (κ3) is 5.74. The minimum absolute atomic E-state index is 0. The Labute approximate surface area is 176 Å². The van der Waals surface area contributed by atoms with Crippen molar-refractivity contribution in [3.8, 4) is 0 Å². The molecule has 3 rings (SSSR count). The third-order valence-corrected chi connectivity index (χ3v) is 5.62. The first kappa shape index (κ1) is 22.3. The second-order valence-electron chi connectivity index (χ2n) is 6.70. The molecule has 2 aromatic carbocycles. The summed E-state index contributed by atoms with van der Waals surface area (Å²) in [7, 11) is 0. The Morgan fingerprint density at radius 1 is 1.14 bits per heavy atom. The van der Waals surface area contributed by atoms with Crippen molar-refractivity contribution in [2.24, 2.45) is 5.73 Å². The molecule has 1 heterocycles. The zero-order valence-electron chi connectivity index (χ0n) is 15.9. The normalized spacial score (nSPS) is 14.7. The number of anilines is 1. The number of thioether (sulfide) groups is 1. The maximum atomic E-state index is 12.6. The fourth-order valence-electron chi connectivity index (χ4n) is 3.11. The maximum Gasteiger partial charge on any atom is 0.253 e. The number of halogens is 1. The van der Waals surface area contributed by atoms with Crippen molar-refractivity contribution in [3.05, 3.63) is 65.2 Å². The summed E-state index contributed by atoms with van der Waals surface area (Å²) < 4.78 is 0. The van der Waals surface area contributed by atoms with Gasteiger partial charge >= 0.3 is 0 Å². The third-order valence-electron chi connectivity index (χ3n) is 4.68. The van der Waals surface area contributed by atoms with Crippen molar-refractivity contribution >= 4 is 41.7 Å². The smallest absolute Gasteiger partial charge is 0.253 e. The molecule has 1 unspecified atom stereocenters. The number of amides is 2. The van der Waals surface area contributed by atoms with Crippen molar-refractivity contribution in [2.75, 3.05) is 29.9 Å². The highest BCUT2D eigenvalue weighted by Gasteiger charge is 2.19. The molecule has 0 spiro atoms. The standard InChI is InChI=1S/C21H25N3O2S.ClH/c1-15-13-17(21(26)24-9-11-27-12-10-24)7-8-19(15)23-20(25)14-18(22)16-5-3-2-4-6-16;/h2-8,13,18H,9-12,14,22H2,1H3,(H,23,25);1H. The highest BCUT2D eigenvalue weighted by Crippen LogP contribution is 2.21. The molecule has 7 heteroatoms. The minimum atomic E-state index is -0.343. The highest BCUT2D eigenvalue weighted by molar-refractivity contribution is 7.99. The van der Waals surface area contributed by atoms with E-state index in [0.717, 1.165) is 35.7 Å². The minimum Gasteiger partial charge on any atom is -0.337 e. The van der Waals surface area contributed by atoms with E-state index in [2.05, 4.69) is 5.32 Å². The number of carbonyl (C=O) groups is 2. The molecule has 2 aromatic rings. The molecule has 0 aliphatic carbocycles. The number of hydrogen-bond donors (Lipinski definition) is 2. The molecule has 1 saturated heterocycles. The average Bonchev–Trinajstić information content (AvgIpc) is 2.70. The fraction of sp³-hybridized carbons (Fsp3) is 0.333. The Kier molecular flexibility index (Phi) is 8.35. The van der Waals surface area contributed by atoms with Gasteiger partial charge in [-0.3, -0.25) is 9.59 Å². The topological polar surface area (TPSA) is 75.4 Å². The Morgan fingerprint density at radius 3 is 2.46 bits per heavy atom. The molecular formula is C21H26ClN3O2S. The SMILES string of the molecule is Cc1cc(C(=O)N2CCSCC2)ccc1NC(=O)CC(N)c1ccccc1.Cl. The second kappa shape index (κ2) is 10.5. The van der Waals surface area contributed by atoms with Crippen LogP contribution in [0.15, 0.2) is 48.5 Å². The van der Waals surface area contributed by atoms with E-state index in [4.69, 9.17) is 5.73 Å². The van der Waals surface area contributed by atoms with Gasteiger partial charge in [0.2, 0.25) is 5.91 Å². The van der Waals surface area contributed by atoms with E-state index in [1.165, 1.54) is 0 Å². The monoisotopic (exact) mass is 419 g/mol. The Hall–Kier alpha value is -2.02. The van der Waals surface area contributed by atoms with Gasteiger partial charge in [-0.25, -0.2) is 0 Å². The summed E-state index contributed by atoms with van der Waals surface area (Å²) in [6.07, 6.45) is 0.204. The van der Waals surface area contributed by atoms with Crippen LogP contribution < -0.4 is 11.1 Å². The van der Waals surface area contributed by atoms with Crippen LogP contribution in [-0.4, -0.2) is 41.3 Å². The summed E-state index contributed by atoms with van der Waals surface area (Å²) in [6.45, 7) is 3.48. The lowest BCUT2D eigenvalue weighted by molar-refractivity contribution is -0.116. The Morgan fingerprint density at radius 2 is 1.82 bits per heavy atom. The van der Waals surface area contributed by atoms with Gasteiger partial charge in [0.1, 0.15) is 0 Å². The van der Waals surface area contributed by atoms with Crippen molar-refractivity contribution in [2.45, 2.75) is 19.4 Å². The molecule has 5 nitrogen and oxygen atoms in total. The van der Waals surface area contributed by atoms with Gasteiger partial charge in [0.05, 0.1) is 0 Å². The lowest BCUT2D eigenvalue weighted by Crippen LogP contribution is -2.37. The van der Waals surface area contributed by atoms with Gasteiger partial charge in [-0.2, -0.15) is 11.8 Å². The zero-order chi connectivity index (χ0) is 19.2. The molecule has 28 heavy (non-hydrogen) atoms. The first-order chi connectivity index (χ1) is 13.0. The molecule has 1 atom stereocenters. The first-order valence-corrected chi connectivity index (χ1v) is 10.3. The highest BCUT2D eigenvalue weighted by atomic mass is 35.5. The summed E-state index contributed by atoms with van der Waals surface area (Å²) in [6, 6.07) is 14.7. The lowest BCUT2D eigenvalue weighted by Gasteiger charge is -2.26. The van der Waals surface area contributed by atoms with Crippen LogP contribution in [-0.2, 0) is 4.79 Å². The number of rotatable bonds is 5. The van der Waals surface area contributed by atoms with E-state index in [1.54, 1.807) is 12.1 Å². The zero-order valence-corrected chi connectivity index (χ0v) is 17.5. The average molecular weight is 420 g/mol. The Balaban J connectivity index is 0.00000280. The van der Waals surface area contributed by atoms with Crippen LogP contribution in [0.1, 0.15) is 33.9 Å². The van der Waals surface area contributed by atoms with Gasteiger partial charge in [-0.15, -0.1) is 12.4 Å². The summed E-state index contributed by atoms with van der Waals surface area (Å²) in [4.78, 5) is 26.8. The van der Waals surface area contributed by atoms with Crippen LogP contribution in [0.5, 0.6) is 0 Å². The van der Waals surface area contributed by atoms with E-state index in [-0.39, 0.29) is 36.7 Å². The predicted molar refractivity (Wildman–Crippen MR) is 118 cm³/mol. The number of carbonyl (C=O) groups excluding carboxylic acids is 2. The number of benzene rings is 2. The molecule has 0 radical (unpaired) electrons. The molecule has 0 saturated carbocycles. The van der Waals surface area contributed by atoms with Crippen molar-refractivity contribution < 1.29 is 9.59 Å². The molecule has 0 aromatic heterocycles. The summed E-state index contributed by atoms with van der Waals surface area (Å²) in [5, 5.41) is 2.91. The quantitative estimate of drug-likeness (QED) is 0.775. The van der Waals surface area contributed by atoms with Crippen LogP contribution in [0.4, 0.5) is 5.69 Å². The summed E-state index contributed by atoms with van der Waals surface area (Å²) in [5.41, 5.74) is 9.30. The molecule has 150 valence electrons. The van der Waals surface area contributed by atoms with E-state index in [0.29, 0.717) is 11.3 Å². The van der Waals surface area contributed by atoms with Gasteiger partial charge in [0, 0.05) is 48.3 Å². The van der Waals surface area contributed by atoms with Crippen LogP contribution >= 0.6 is 24.2 Å². The number of aryl methyl sites for hydroxylation is 1. The maximum absolute atomic E-state index is 12.6. The summed E-state index contributed by atoms with van der Waals surface area (Å²) >= 11 is 1.88. The number of hydrogen-bond acceptors (Lipinski definition) is 4.